The fourth-order valence-corrected chi connectivity index (χ4v) is 3.58. The van der Waals surface area contributed by atoms with Crippen molar-refractivity contribution in [1.82, 2.24) is 25.1 Å². The number of benzene rings is 2. The normalized spacial score (nSPS) is 12.9. The molecule has 11 heteroatoms. The minimum atomic E-state index is -0.761. The second-order valence-corrected chi connectivity index (χ2v) is 8.06. The van der Waals surface area contributed by atoms with Crippen molar-refractivity contribution in [3.05, 3.63) is 77.2 Å². The highest BCUT2D eigenvalue weighted by Gasteiger charge is 2.22. The van der Waals surface area contributed by atoms with Crippen LogP contribution in [-0.2, 0) is 7.05 Å². The Hall–Kier alpha value is -4.12. The summed E-state index contributed by atoms with van der Waals surface area (Å²) in [5.74, 6) is -1.58. The highest BCUT2D eigenvalue weighted by Crippen LogP contribution is 2.27. The van der Waals surface area contributed by atoms with Gasteiger partial charge in [-0.1, -0.05) is 6.07 Å². The van der Waals surface area contributed by atoms with Crippen LogP contribution in [0.2, 0.25) is 0 Å². The number of fused-ring (bicyclic) bond motifs is 1. The molecule has 0 aliphatic rings. The smallest absolute Gasteiger partial charge is 0.252 e. The van der Waals surface area contributed by atoms with Gasteiger partial charge in [0.05, 0.1) is 36.9 Å². The Morgan fingerprint density at radius 2 is 1.97 bits per heavy atom. The molecule has 0 bridgehead atoms. The van der Waals surface area contributed by atoms with Gasteiger partial charge in [-0.2, -0.15) is 5.10 Å². The number of anilines is 1. The van der Waals surface area contributed by atoms with Gasteiger partial charge in [-0.05, 0) is 36.8 Å². The van der Waals surface area contributed by atoms with E-state index in [0.29, 0.717) is 11.1 Å². The van der Waals surface area contributed by atoms with Crippen LogP contribution < -0.4 is 15.4 Å². The van der Waals surface area contributed by atoms with E-state index in [9.17, 15) is 18.7 Å². The fourth-order valence-electron chi connectivity index (χ4n) is 3.58. The molecule has 0 aliphatic carbocycles. The molecule has 0 saturated heterocycles. The Morgan fingerprint density at radius 1 is 1.17 bits per heavy atom. The molecule has 2 aromatic carbocycles. The van der Waals surface area contributed by atoms with Gasteiger partial charge in [0.25, 0.3) is 5.91 Å². The van der Waals surface area contributed by atoms with Crippen LogP contribution in [-0.4, -0.2) is 50.5 Å². The Bertz CT molecular complexity index is 1380. The molecule has 0 spiro atoms. The standard InChI is InChI=1S/C24H24F2N6O3/c1-13(12-33)29-24-27-10-17-18(25)7-15(8-20(17)30-24)23(34)31-22(16-9-28-32(2)11-16)14-4-5-21(35-3)19(26)6-14/h4-11,13,22,33H,12H2,1-3H3,(H,31,34)(H,27,29,30). The first-order valence-electron chi connectivity index (χ1n) is 10.8. The monoisotopic (exact) mass is 482 g/mol. The van der Waals surface area contributed by atoms with Crippen LogP contribution in [0.25, 0.3) is 10.9 Å². The molecular weight excluding hydrogens is 458 g/mol. The summed E-state index contributed by atoms with van der Waals surface area (Å²) in [4.78, 5) is 21.5. The second kappa shape index (κ2) is 10.0. The van der Waals surface area contributed by atoms with Crippen molar-refractivity contribution in [2.75, 3.05) is 19.0 Å². The number of methoxy groups -OCH3 is 1. The molecular formula is C24H24F2N6O3. The van der Waals surface area contributed by atoms with Gasteiger partial charge in [-0.3, -0.25) is 9.48 Å². The number of hydrogen-bond donors (Lipinski definition) is 3. The molecule has 2 aromatic heterocycles. The first-order chi connectivity index (χ1) is 16.8. The van der Waals surface area contributed by atoms with E-state index < -0.39 is 23.6 Å². The van der Waals surface area contributed by atoms with Gasteiger partial charge in [-0.25, -0.2) is 18.7 Å². The van der Waals surface area contributed by atoms with Gasteiger partial charge in [-0.15, -0.1) is 0 Å². The number of rotatable bonds is 8. The molecule has 3 N–H and O–H groups in total. The summed E-state index contributed by atoms with van der Waals surface area (Å²) in [5, 5.41) is 19.2. The van der Waals surface area contributed by atoms with E-state index in [-0.39, 0.29) is 40.8 Å². The molecule has 0 saturated carbocycles. The highest BCUT2D eigenvalue weighted by molar-refractivity contribution is 5.98. The minimum absolute atomic E-state index is 0.0257. The summed E-state index contributed by atoms with van der Waals surface area (Å²) in [6.45, 7) is 1.60. The number of carbonyl (C=O) groups excluding carboxylic acids is 1. The molecule has 0 aliphatic heterocycles. The third-order valence-corrected chi connectivity index (χ3v) is 5.40. The Kier molecular flexibility index (Phi) is 6.87. The van der Waals surface area contributed by atoms with Crippen LogP contribution in [0.15, 0.2) is 48.9 Å². The van der Waals surface area contributed by atoms with Crippen LogP contribution in [0.1, 0.15) is 34.5 Å². The van der Waals surface area contributed by atoms with Crippen LogP contribution in [0.4, 0.5) is 14.7 Å². The fraction of sp³-hybridized carbons (Fsp3) is 0.250. The lowest BCUT2D eigenvalue weighted by Crippen LogP contribution is -2.29. The topological polar surface area (TPSA) is 114 Å². The Labute approximate surface area is 199 Å². The largest absolute Gasteiger partial charge is 0.494 e. The van der Waals surface area contributed by atoms with Crippen molar-refractivity contribution in [2.24, 2.45) is 7.05 Å². The number of aryl methyl sites for hydroxylation is 1. The highest BCUT2D eigenvalue weighted by atomic mass is 19.1. The number of amides is 1. The van der Waals surface area contributed by atoms with Gasteiger partial charge < -0.3 is 20.5 Å². The number of carbonyl (C=O) groups is 1. The average molecular weight is 482 g/mol. The zero-order valence-electron chi connectivity index (χ0n) is 19.3. The molecule has 35 heavy (non-hydrogen) atoms. The van der Waals surface area contributed by atoms with Gasteiger partial charge in [0, 0.05) is 36.6 Å². The van der Waals surface area contributed by atoms with E-state index in [1.165, 1.54) is 31.5 Å². The number of aliphatic hydroxyl groups is 1. The van der Waals surface area contributed by atoms with Crippen LogP contribution >= 0.6 is 0 Å². The maximum atomic E-state index is 14.8. The molecule has 2 atom stereocenters. The first-order valence-corrected chi connectivity index (χ1v) is 10.8. The number of nitrogens with zero attached hydrogens (tertiary/aromatic N) is 4. The third-order valence-electron chi connectivity index (χ3n) is 5.40. The van der Waals surface area contributed by atoms with Crippen molar-refractivity contribution in [2.45, 2.75) is 19.0 Å². The Morgan fingerprint density at radius 3 is 2.63 bits per heavy atom. The molecule has 2 heterocycles. The van der Waals surface area contributed by atoms with Crippen molar-refractivity contribution >= 4 is 22.8 Å². The van der Waals surface area contributed by atoms with Crippen LogP contribution in [0.5, 0.6) is 5.75 Å². The molecule has 182 valence electrons. The van der Waals surface area contributed by atoms with Gasteiger partial charge in [0.2, 0.25) is 5.95 Å². The summed E-state index contributed by atoms with van der Waals surface area (Å²) >= 11 is 0. The summed E-state index contributed by atoms with van der Waals surface area (Å²) < 4.78 is 35.8. The van der Waals surface area contributed by atoms with Crippen molar-refractivity contribution in [3.63, 3.8) is 0 Å². The summed E-state index contributed by atoms with van der Waals surface area (Å²) in [7, 11) is 3.08. The summed E-state index contributed by atoms with van der Waals surface area (Å²) in [5.41, 5.74) is 1.31. The molecule has 4 rings (SSSR count). The second-order valence-electron chi connectivity index (χ2n) is 8.06. The zero-order chi connectivity index (χ0) is 25.1. The Balaban J connectivity index is 1.69. The quantitative estimate of drug-likeness (QED) is 0.354. The summed E-state index contributed by atoms with van der Waals surface area (Å²) in [6.07, 6.45) is 4.56. The zero-order valence-corrected chi connectivity index (χ0v) is 19.3. The number of nitrogens with one attached hydrogen (secondary N) is 2. The third kappa shape index (κ3) is 5.19. The van der Waals surface area contributed by atoms with E-state index >= 15 is 0 Å². The van der Waals surface area contributed by atoms with E-state index in [2.05, 4.69) is 25.7 Å². The molecule has 0 radical (unpaired) electrons. The maximum Gasteiger partial charge on any atom is 0.252 e. The van der Waals surface area contributed by atoms with E-state index in [1.807, 2.05) is 0 Å². The minimum Gasteiger partial charge on any atom is -0.494 e. The summed E-state index contributed by atoms with van der Waals surface area (Å²) in [6, 6.07) is 5.84. The SMILES string of the molecule is COc1ccc(C(NC(=O)c2cc(F)c3cnc(NC(C)CO)nc3c2)c2cnn(C)c2)cc1F. The number of hydrogen-bond acceptors (Lipinski definition) is 7. The lowest BCUT2D eigenvalue weighted by molar-refractivity contribution is 0.0942. The average Bonchev–Trinajstić information content (AvgIpc) is 3.27. The van der Waals surface area contributed by atoms with Crippen molar-refractivity contribution < 1.29 is 23.4 Å². The van der Waals surface area contributed by atoms with Gasteiger partial charge in [0.1, 0.15) is 5.82 Å². The lowest BCUT2D eigenvalue weighted by atomic mass is 10.0. The molecule has 9 nitrogen and oxygen atoms in total. The molecule has 1 amide bonds. The van der Waals surface area contributed by atoms with Gasteiger partial charge in [0.15, 0.2) is 11.6 Å². The van der Waals surface area contributed by atoms with Crippen molar-refractivity contribution in [1.29, 1.82) is 0 Å². The maximum absolute atomic E-state index is 14.8. The van der Waals surface area contributed by atoms with E-state index in [0.717, 1.165) is 6.07 Å². The van der Waals surface area contributed by atoms with Crippen LogP contribution in [0.3, 0.4) is 0 Å². The molecule has 2 unspecified atom stereocenters. The molecule has 4 aromatic rings. The van der Waals surface area contributed by atoms with Gasteiger partial charge >= 0.3 is 0 Å². The number of ether oxygens (including phenoxy) is 1. The van der Waals surface area contributed by atoms with Crippen molar-refractivity contribution in [3.8, 4) is 5.75 Å². The number of aromatic nitrogens is 4. The predicted octanol–water partition coefficient (Wildman–Crippen LogP) is 2.96. The predicted molar refractivity (Wildman–Crippen MR) is 125 cm³/mol. The van der Waals surface area contributed by atoms with E-state index in [4.69, 9.17) is 4.74 Å². The molecule has 0 fully saturated rings. The number of aliphatic hydroxyl groups excluding tert-OH is 1. The van der Waals surface area contributed by atoms with E-state index in [1.54, 1.807) is 37.1 Å². The lowest BCUT2D eigenvalue weighted by Gasteiger charge is -2.19. The number of halogens is 2. The van der Waals surface area contributed by atoms with Crippen LogP contribution in [0, 0.1) is 11.6 Å². The first kappa shape index (κ1) is 24.0.